The smallest absolute Gasteiger partial charge is 0.0494 e. The Hall–Kier alpha value is -0.900. The summed E-state index contributed by atoms with van der Waals surface area (Å²) in [5.74, 6) is 0.864. The van der Waals surface area contributed by atoms with Gasteiger partial charge in [0.1, 0.15) is 0 Å². The first kappa shape index (κ1) is 14.5. The first-order valence-corrected chi connectivity index (χ1v) is 7.36. The maximum Gasteiger partial charge on any atom is 0.0494 e. The highest BCUT2D eigenvalue weighted by Gasteiger charge is 2.20. The summed E-state index contributed by atoms with van der Waals surface area (Å²) in [6.45, 7) is 5.72. The van der Waals surface area contributed by atoms with Gasteiger partial charge in [0.05, 0.1) is 0 Å². The zero-order chi connectivity index (χ0) is 13.5. The lowest BCUT2D eigenvalue weighted by Gasteiger charge is -2.13. The Balaban J connectivity index is 1.50. The lowest BCUT2D eigenvalue weighted by molar-refractivity contribution is 0.122. The van der Waals surface area contributed by atoms with Crippen LogP contribution >= 0.6 is 0 Å². The molecular formula is C16H26N2O. The SMILES string of the molecule is Cc1ccc(C(N)CNCCCOCC2CC2)cc1. The van der Waals surface area contributed by atoms with Crippen LogP contribution in [0, 0.1) is 12.8 Å². The Bertz CT molecular complexity index is 360. The maximum atomic E-state index is 6.14. The van der Waals surface area contributed by atoms with Crippen molar-refractivity contribution in [2.45, 2.75) is 32.2 Å². The molecule has 3 heteroatoms. The van der Waals surface area contributed by atoms with E-state index in [2.05, 4.69) is 36.5 Å². The number of rotatable bonds is 9. The molecule has 0 bridgehead atoms. The highest BCUT2D eigenvalue weighted by atomic mass is 16.5. The predicted molar refractivity (Wildman–Crippen MR) is 79.1 cm³/mol. The number of benzene rings is 1. The van der Waals surface area contributed by atoms with Crippen LogP contribution in [0.5, 0.6) is 0 Å². The Morgan fingerprint density at radius 2 is 2.05 bits per heavy atom. The molecule has 1 aromatic rings. The molecule has 0 aromatic heterocycles. The van der Waals surface area contributed by atoms with Gasteiger partial charge in [0.25, 0.3) is 0 Å². The number of hydrogen-bond acceptors (Lipinski definition) is 3. The van der Waals surface area contributed by atoms with Crippen LogP contribution in [0.4, 0.5) is 0 Å². The van der Waals surface area contributed by atoms with Crippen molar-refractivity contribution < 1.29 is 4.74 Å². The molecule has 0 saturated heterocycles. The van der Waals surface area contributed by atoms with Crippen LogP contribution < -0.4 is 11.1 Å². The summed E-state index contributed by atoms with van der Waals surface area (Å²) in [5.41, 5.74) is 8.61. The van der Waals surface area contributed by atoms with Crippen molar-refractivity contribution in [3.05, 3.63) is 35.4 Å². The topological polar surface area (TPSA) is 47.3 Å². The van der Waals surface area contributed by atoms with Gasteiger partial charge in [-0.05, 0) is 44.2 Å². The van der Waals surface area contributed by atoms with Crippen molar-refractivity contribution in [1.29, 1.82) is 0 Å². The quantitative estimate of drug-likeness (QED) is 0.672. The Kier molecular flexibility index (Phi) is 5.83. The van der Waals surface area contributed by atoms with Gasteiger partial charge in [0.2, 0.25) is 0 Å². The average molecular weight is 262 g/mol. The minimum Gasteiger partial charge on any atom is -0.381 e. The van der Waals surface area contributed by atoms with Crippen LogP contribution in [-0.2, 0) is 4.74 Å². The lowest BCUT2D eigenvalue weighted by atomic mass is 10.1. The van der Waals surface area contributed by atoms with Crippen molar-refractivity contribution in [2.24, 2.45) is 11.7 Å². The second kappa shape index (κ2) is 7.63. The van der Waals surface area contributed by atoms with E-state index in [-0.39, 0.29) is 6.04 Å². The molecule has 19 heavy (non-hydrogen) atoms. The van der Waals surface area contributed by atoms with Gasteiger partial charge < -0.3 is 15.8 Å². The summed E-state index contributed by atoms with van der Waals surface area (Å²) >= 11 is 0. The number of ether oxygens (including phenoxy) is 1. The van der Waals surface area contributed by atoms with Crippen molar-refractivity contribution in [1.82, 2.24) is 5.32 Å². The molecule has 1 atom stereocenters. The van der Waals surface area contributed by atoms with Gasteiger partial charge in [-0.25, -0.2) is 0 Å². The van der Waals surface area contributed by atoms with Crippen molar-refractivity contribution in [3.8, 4) is 0 Å². The molecule has 1 aromatic carbocycles. The number of aryl methyl sites for hydroxylation is 1. The van der Waals surface area contributed by atoms with Crippen LogP contribution in [0.15, 0.2) is 24.3 Å². The Morgan fingerprint density at radius 1 is 1.32 bits per heavy atom. The molecule has 0 radical (unpaired) electrons. The summed E-state index contributed by atoms with van der Waals surface area (Å²) in [5, 5.41) is 3.40. The van der Waals surface area contributed by atoms with E-state index in [0.717, 1.165) is 38.6 Å². The van der Waals surface area contributed by atoms with E-state index in [1.54, 1.807) is 0 Å². The molecule has 2 rings (SSSR count). The van der Waals surface area contributed by atoms with E-state index >= 15 is 0 Å². The summed E-state index contributed by atoms with van der Waals surface area (Å²) in [6.07, 6.45) is 3.79. The second-order valence-electron chi connectivity index (χ2n) is 5.59. The second-order valence-corrected chi connectivity index (χ2v) is 5.59. The van der Waals surface area contributed by atoms with Crippen LogP contribution in [0.2, 0.25) is 0 Å². The molecule has 3 N–H and O–H groups in total. The van der Waals surface area contributed by atoms with Gasteiger partial charge in [-0.3, -0.25) is 0 Å². The van der Waals surface area contributed by atoms with Gasteiger partial charge in [0.15, 0.2) is 0 Å². The maximum absolute atomic E-state index is 6.14. The normalized spacial score (nSPS) is 16.5. The molecule has 0 amide bonds. The third-order valence-electron chi connectivity index (χ3n) is 3.56. The molecule has 3 nitrogen and oxygen atoms in total. The standard InChI is InChI=1S/C16H26N2O/c1-13-3-7-15(8-4-13)16(17)11-18-9-2-10-19-12-14-5-6-14/h3-4,7-8,14,16,18H,2,5-6,9-12,17H2,1H3. The summed E-state index contributed by atoms with van der Waals surface area (Å²) in [6, 6.07) is 8.52. The van der Waals surface area contributed by atoms with E-state index in [1.807, 2.05) is 0 Å². The van der Waals surface area contributed by atoms with Crippen molar-refractivity contribution >= 4 is 0 Å². The lowest BCUT2D eigenvalue weighted by Crippen LogP contribution is -2.28. The summed E-state index contributed by atoms with van der Waals surface area (Å²) in [7, 11) is 0. The van der Waals surface area contributed by atoms with Gasteiger partial charge in [-0.2, -0.15) is 0 Å². The molecule has 1 aliphatic rings. The molecule has 106 valence electrons. The molecule has 1 unspecified atom stereocenters. The van der Waals surface area contributed by atoms with Crippen LogP contribution in [0.25, 0.3) is 0 Å². The van der Waals surface area contributed by atoms with Gasteiger partial charge >= 0.3 is 0 Å². The predicted octanol–water partition coefficient (Wildman–Crippen LogP) is 2.40. The average Bonchev–Trinajstić information content (AvgIpc) is 3.22. The highest BCUT2D eigenvalue weighted by Crippen LogP contribution is 2.28. The summed E-state index contributed by atoms with van der Waals surface area (Å²) < 4.78 is 5.59. The fourth-order valence-corrected chi connectivity index (χ4v) is 2.02. The van der Waals surface area contributed by atoms with Crippen LogP contribution in [0.3, 0.4) is 0 Å². The van der Waals surface area contributed by atoms with Gasteiger partial charge in [-0.15, -0.1) is 0 Å². The number of nitrogens with one attached hydrogen (secondary N) is 1. The third kappa shape index (κ3) is 5.72. The van der Waals surface area contributed by atoms with E-state index in [1.165, 1.54) is 24.0 Å². The molecule has 1 aliphatic carbocycles. The molecule has 1 fully saturated rings. The first-order valence-electron chi connectivity index (χ1n) is 7.36. The number of nitrogens with two attached hydrogens (primary N) is 1. The van der Waals surface area contributed by atoms with Gasteiger partial charge in [0, 0.05) is 25.8 Å². The number of hydrogen-bond donors (Lipinski definition) is 2. The van der Waals surface area contributed by atoms with E-state index in [4.69, 9.17) is 10.5 Å². The molecule has 1 saturated carbocycles. The first-order chi connectivity index (χ1) is 9.25. The zero-order valence-electron chi connectivity index (χ0n) is 11.9. The minimum atomic E-state index is 0.0768. The fourth-order valence-electron chi connectivity index (χ4n) is 2.02. The summed E-state index contributed by atoms with van der Waals surface area (Å²) in [4.78, 5) is 0. The van der Waals surface area contributed by atoms with Crippen molar-refractivity contribution in [2.75, 3.05) is 26.3 Å². The van der Waals surface area contributed by atoms with Crippen LogP contribution in [0.1, 0.15) is 36.4 Å². The highest BCUT2D eigenvalue weighted by molar-refractivity contribution is 5.23. The van der Waals surface area contributed by atoms with Crippen molar-refractivity contribution in [3.63, 3.8) is 0 Å². The Morgan fingerprint density at radius 3 is 2.74 bits per heavy atom. The molecule has 0 aliphatic heterocycles. The van der Waals surface area contributed by atoms with E-state index in [9.17, 15) is 0 Å². The van der Waals surface area contributed by atoms with E-state index < -0.39 is 0 Å². The molecule has 0 heterocycles. The molecular weight excluding hydrogens is 236 g/mol. The monoisotopic (exact) mass is 262 g/mol. The van der Waals surface area contributed by atoms with Gasteiger partial charge in [-0.1, -0.05) is 29.8 Å². The van der Waals surface area contributed by atoms with Crippen LogP contribution in [-0.4, -0.2) is 26.3 Å². The zero-order valence-corrected chi connectivity index (χ0v) is 11.9. The third-order valence-corrected chi connectivity index (χ3v) is 3.56. The Labute approximate surface area is 116 Å². The molecule has 0 spiro atoms. The van der Waals surface area contributed by atoms with E-state index in [0.29, 0.717) is 0 Å². The minimum absolute atomic E-state index is 0.0768. The largest absolute Gasteiger partial charge is 0.381 e. The fraction of sp³-hybridized carbons (Fsp3) is 0.625.